The number of nitrogen functional groups attached to an aromatic ring is 1. The largest absolute Gasteiger partial charge is 0.454 e. The Morgan fingerprint density at radius 2 is 1.83 bits per heavy atom. The molecule has 0 saturated carbocycles. The van der Waals surface area contributed by atoms with Crippen molar-refractivity contribution in [2.24, 2.45) is 0 Å². The molecule has 0 unspecified atom stereocenters. The number of piperazine rings is 1. The number of nitrogens with zero attached hydrogens (tertiary/aromatic N) is 2. The molecule has 7 heteroatoms. The van der Waals surface area contributed by atoms with E-state index in [1.54, 1.807) is 12.1 Å². The Bertz CT molecular complexity index is 571. The molecule has 2 aliphatic rings. The first-order valence-corrected chi connectivity index (χ1v) is 8.09. The van der Waals surface area contributed by atoms with Crippen LogP contribution < -0.4 is 20.5 Å². The van der Waals surface area contributed by atoms with E-state index in [4.69, 9.17) is 15.2 Å². The van der Waals surface area contributed by atoms with Gasteiger partial charge in [0.15, 0.2) is 11.5 Å². The second-order valence-electron chi connectivity index (χ2n) is 5.87. The monoisotopic (exact) mass is 320 g/mol. The molecule has 23 heavy (non-hydrogen) atoms. The lowest BCUT2D eigenvalue weighted by molar-refractivity contribution is -0.116. The molecular weight excluding hydrogens is 296 g/mol. The Morgan fingerprint density at radius 1 is 1.17 bits per heavy atom. The number of nitrogens with two attached hydrogens (primary N) is 1. The van der Waals surface area contributed by atoms with Gasteiger partial charge in [0.2, 0.25) is 12.7 Å². The van der Waals surface area contributed by atoms with Gasteiger partial charge >= 0.3 is 0 Å². The van der Waals surface area contributed by atoms with Gasteiger partial charge < -0.3 is 30.3 Å². The number of benzene rings is 1. The van der Waals surface area contributed by atoms with Crippen LogP contribution in [0.3, 0.4) is 0 Å². The molecule has 1 aromatic carbocycles. The number of likely N-dealkylation sites (N-methyl/N-ethyl adjacent to an activating group) is 1. The summed E-state index contributed by atoms with van der Waals surface area (Å²) in [6.07, 6.45) is 0.458. The summed E-state index contributed by atoms with van der Waals surface area (Å²) in [6.45, 7) is 8.43. The van der Waals surface area contributed by atoms with E-state index in [0.717, 1.165) is 39.3 Å². The molecule has 0 aromatic heterocycles. The molecule has 0 aliphatic carbocycles. The van der Waals surface area contributed by atoms with Gasteiger partial charge in [0.05, 0.1) is 11.4 Å². The Kier molecular flexibility index (Phi) is 4.88. The summed E-state index contributed by atoms with van der Waals surface area (Å²) in [5.41, 5.74) is 7.01. The van der Waals surface area contributed by atoms with Crippen LogP contribution >= 0.6 is 0 Å². The third-order valence-corrected chi connectivity index (χ3v) is 4.39. The van der Waals surface area contributed by atoms with Crippen LogP contribution in [0.25, 0.3) is 0 Å². The zero-order valence-corrected chi connectivity index (χ0v) is 13.5. The van der Waals surface area contributed by atoms with Crippen LogP contribution in [-0.4, -0.2) is 61.8 Å². The van der Waals surface area contributed by atoms with Crippen molar-refractivity contribution in [1.82, 2.24) is 9.80 Å². The molecular formula is C16H24N4O3. The fourth-order valence-electron chi connectivity index (χ4n) is 2.87. The molecule has 2 heterocycles. The molecule has 0 spiro atoms. The van der Waals surface area contributed by atoms with Crippen LogP contribution in [0.5, 0.6) is 11.5 Å². The van der Waals surface area contributed by atoms with Crippen molar-refractivity contribution in [3.8, 4) is 11.5 Å². The molecule has 126 valence electrons. The molecule has 1 aromatic rings. The summed E-state index contributed by atoms with van der Waals surface area (Å²) < 4.78 is 10.6. The van der Waals surface area contributed by atoms with Crippen molar-refractivity contribution in [1.29, 1.82) is 0 Å². The van der Waals surface area contributed by atoms with Crippen molar-refractivity contribution in [2.75, 3.05) is 57.1 Å². The Morgan fingerprint density at radius 3 is 2.52 bits per heavy atom. The number of nitrogens with one attached hydrogen (secondary N) is 1. The smallest absolute Gasteiger partial charge is 0.231 e. The maximum absolute atomic E-state index is 12.2. The predicted octanol–water partition coefficient (Wildman–Crippen LogP) is 0.964. The Balaban J connectivity index is 1.48. The number of carbonyl (C=O) groups is 1. The minimum absolute atomic E-state index is 0.0338. The van der Waals surface area contributed by atoms with Crippen LogP contribution in [0.15, 0.2) is 12.1 Å². The maximum atomic E-state index is 12.2. The standard InChI is InChI=1S/C16H24N4O3/c1-2-19-5-7-20(8-6-19)4-3-16(21)18-13-10-15-14(9-12(13)17)22-11-23-15/h9-10H,2-8,11,17H2,1H3,(H,18,21). The van der Waals surface area contributed by atoms with Crippen molar-refractivity contribution in [2.45, 2.75) is 13.3 Å². The van der Waals surface area contributed by atoms with E-state index in [-0.39, 0.29) is 12.7 Å². The van der Waals surface area contributed by atoms with Gasteiger partial charge in [0.25, 0.3) is 0 Å². The molecule has 1 saturated heterocycles. The van der Waals surface area contributed by atoms with Crippen molar-refractivity contribution in [3.05, 3.63) is 12.1 Å². The van der Waals surface area contributed by atoms with E-state index in [1.807, 2.05) is 0 Å². The molecule has 7 nitrogen and oxygen atoms in total. The third kappa shape index (κ3) is 3.86. The molecule has 0 atom stereocenters. The molecule has 0 radical (unpaired) electrons. The molecule has 3 N–H and O–H groups in total. The fourth-order valence-corrected chi connectivity index (χ4v) is 2.87. The van der Waals surface area contributed by atoms with Gasteiger partial charge in [-0.3, -0.25) is 4.79 Å². The first kappa shape index (κ1) is 15.9. The fraction of sp³-hybridized carbons (Fsp3) is 0.562. The van der Waals surface area contributed by atoms with E-state index >= 15 is 0 Å². The first-order valence-electron chi connectivity index (χ1n) is 8.09. The molecule has 1 fully saturated rings. The van der Waals surface area contributed by atoms with Crippen LogP contribution in [-0.2, 0) is 4.79 Å². The Labute approximate surface area is 136 Å². The zero-order valence-electron chi connectivity index (χ0n) is 13.5. The predicted molar refractivity (Wildman–Crippen MR) is 88.8 cm³/mol. The molecule has 0 bridgehead atoms. The van der Waals surface area contributed by atoms with Gasteiger partial charge in [-0.15, -0.1) is 0 Å². The number of hydrogen-bond donors (Lipinski definition) is 2. The van der Waals surface area contributed by atoms with E-state index in [0.29, 0.717) is 29.3 Å². The highest BCUT2D eigenvalue weighted by molar-refractivity contribution is 5.94. The number of rotatable bonds is 5. The normalized spacial score (nSPS) is 18.1. The van der Waals surface area contributed by atoms with Crippen LogP contribution in [0, 0.1) is 0 Å². The lowest BCUT2D eigenvalue weighted by Gasteiger charge is -2.33. The quantitative estimate of drug-likeness (QED) is 0.787. The van der Waals surface area contributed by atoms with Gasteiger partial charge in [0.1, 0.15) is 0 Å². The van der Waals surface area contributed by atoms with E-state index < -0.39 is 0 Å². The highest BCUT2D eigenvalue weighted by Gasteiger charge is 2.19. The van der Waals surface area contributed by atoms with Crippen molar-refractivity contribution >= 4 is 17.3 Å². The molecule has 1 amide bonds. The summed E-state index contributed by atoms with van der Waals surface area (Å²) in [7, 11) is 0. The number of anilines is 2. The highest BCUT2D eigenvalue weighted by atomic mass is 16.7. The van der Waals surface area contributed by atoms with Crippen molar-refractivity contribution in [3.63, 3.8) is 0 Å². The number of amides is 1. The van der Waals surface area contributed by atoms with E-state index in [2.05, 4.69) is 22.0 Å². The highest BCUT2D eigenvalue weighted by Crippen LogP contribution is 2.38. The second kappa shape index (κ2) is 7.06. The van der Waals surface area contributed by atoms with Gasteiger partial charge in [-0.25, -0.2) is 0 Å². The molecule has 3 rings (SSSR count). The average Bonchev–Trinajstić information content (AvgIpc) is 3.01. The topological polar surface area (TPSA) is 80.1 Å². The molecule has 2 aliphatic heterocycles. The third-order valence-electron chi connectivity index (χ3n) is 4.39. The van der Waals surface area contributed by atoms with Gasteiger partial charge in [0, 0.05) is 51.3 Å². The average molecular weight is 320 g/mol. The number of hydrogen-bond acceptors (Lipinski definition) is 6. The van der Waals surface area contributed by atoms with Crippen molar-refractivity contribution < 1.29 is 14.3 Å². The Hall–Kier alpha value is -1.99. The van der Waals surface area contributed by atoms with Gasteiger partial charge in [-0.2, -0.15) is 0 Å². The maximum Gasteiger partial charge on any atom is 0.231 e. The number of ether oxygens (including phenoxy) is 2. The summed E-state index contributed by atoms with van der Waals surface area (Å²) in [6, 6.07) is 3.40. The van der Waals surface area contributed by atoms with Gasteiger partial charge in [-0.05, 0) is 6.54 Å². The van der Waals surface area contributed by atoms with Crippen LogP contribution in [0.1, 0.15) is 13.3 Å². The minimum Gasteiger partial charge on any atom is -0.454 e. The summed E-state index contributed by atoms with van der Waals surface area (Å²) in [5.74, 6) is 1.20. The van der Waals surface area contributed by atoms with Crippen LogP contribution in [0.2, 0.25) is 0 Å². The van der Waals surface area contributed by atoms with Gasteiger partial charge in [-0.1, -0.05) is 6.92 Å². The lowest BCUT2D eigenvalue weighted by atomic mass is 10.2. The summed E-state index contributed by atoms with van der Waals surface area (Å²) in [5, 5.41) is 2.86. The lowest BCUT2D eigenvalue weighted by Crippen LogP contribution is -2.46. The number of carbonyl (C=O) groups excluding carboxylic acids is 1. The van der Waals surface area contributed by atoms with E-state index in [9.17, 15) is 4.79 Å². The first-order chi connectivity index (χ1) is 11.2. The zero-order chi connectivity index (χ0) is 16.2. The van der Waals surface area contributed by atoms with Crippen LogP contribution in [0.4, 0.5) is 11.4 Å². The number of fused-ring (bicyclic) bond motifs is 1. The van der Waals surface area contributed by atoms with E-state index in [1.165, 1.54) is 0 Å². The second-order valence-corrected chi connectivity index (χ2v) is 5.87. The SMILES string of the molecule is CCN1CCN(CCC(=O)Nc2cc3c(cc2N)OCO3)CC1. The summed E-state index contributed by atoms with van der Waals surface area (Å²) >= 11 is 0. The minimum atomic E-state index is -0.0338. The summed E-state index contributed by atoms with van der Waals surface area (Å²) in [4.78, 5) is 16.9.